The summed E-state index contributed by atoms with van der Waals surface area (Å²) in [5.74, 6) is 2.05. The quantitative estimate of drug-likeness (QED) is 0.653. The second-order valence-corrected chi connectivity index (χ2v) is 6.03. The number of hydrogen-bond acceptors (Lipinski definition) is 4. The van der Waals surface area contributed by atoms with Crippen LogP contribution in [0, 0.1) is 0 Å². The average Bonchev–Trinajstić information content (AvgIpc) is 2.69. The summed E-state index contributed by atoms with van der Waals surface area (Å²) in [6, 6.07) is 13.7. The second kappa shape index (κ2) is 11.1. The molecule has 0 bridgehead atoms. The molecule has 0 aliphatic carbocycles. The van der Waals surface area contributed by atoms with Crippen LogP contribution >= 0.6 is 0 Å². The van der Waals surface area contributed by atoms with Gasteiger partial charge in [-0.15, -0.1) is 0 Å². The molecule has 0 fully saturated rings. The van der Waals surface area contributed by atoms with Crippen LogP contribution in [0.25, 0.3) is 0 Å². The first kappa shape index (κ1) is 20.6. The molecule has 2 aromatic carbocycles. The maximum Gasteiger partial charge on any atom is 0.257 e. The van der Waals surface area contributed by atoms with Gasteiger partial charge in [0.15, 0.2) is 18.1 Å². The molecule has 0 atom stereocenters. The van der Waals surface area contributed by atoms with Crippen LogP contribution in [0.15, 0.2) is 42.5 Å². The van der Waals surface area contributed by atoms with Gasteiger partial charge in [-0.05, 0) is 62.1 Å². The van der Waals surface area contributed by atoms with Crippen molar-refractivity contribution in [1.82, 2.24) is 5.32 Å². The minimum atomic E-state index is -0.134. The second-order valence-electron chi connectivity index (χ2n) is 6.03. The number of nitrogens with one attached hydrogen (secondary N) is 1. The number of benzene rings is 2. The normalized spacial score (nSPS) is 10.3. The van der Waals surface area contributed by atoms with Crippen molar-refractivity contribution in [2.75, 3.05) is 26.4 Å². The van der Waals surface area contributed by atoms with Gasteiger partial charge in [-0.1, -0.05) is 25.1 Å². The van der Waals surface area contributed by atoms with Crippen LogP contribution in [-0.2, 0) is 17.6 Å². The highest BCUT2D eigenvalue weighted by molar-refractivity contribution is 5.77. The van der Waals surface area contributed by atoms with Gasteiger partial charge in [-0.25, -0.2) is 0 Å². The predicted octanol–water partition coefficient (Wildman–Crippen LogP) is 3.78. The van der Waals surface area contributed by atoms with Gasteiger partial charge in [-0.3, -0.25) is 4.79 Å². The van der Waals surface area contributed by atoms with E-state index in [2.05, 4.69) is 12.2 Å². The Labute approximate surface area is 161 Å². The van der Waals surface area contributed by atoms with Gasteiger partial charge in [0.25, 0.3) is 5.91 Å². The van der Waals surface area contributed by atoms with Crippen molar-refractivity contribution in [2.45, 2.75) is 33.6 Å². The molecule has 27 heavy (non-hydrogen) atoms. The number of aryl methyl sites for hydroxylation is 1. The Morgan fingerprint density at radius 1 is 0.852 bits per heavy atom. The van der Waals surface area contributed by atoms with Crippen LogP contribution in [0.1, 0.15) is 31.9 Å². The first-order chi connectivity index (χ1) is 13.2. The van der Waals surface area contributed by atoms with Crippen LogP contribution in [-0.4, -0.2) is 32.3 Å². The third kappa shape index (κ3) is 6.85. The van der Waals surface area contributed by atoms with Crippen LogP contribution in [0.5, 0.6) is 17.2 Å². The van der Waals surface area contributed by atoms with Gasteiger partial charge in [0.1, 0.15) is 5.75 Å². The van der Waals surface area contributed by atoms with Crippen molar-refractivity contribution in [3.63, 3.8) is 0 Å². The molecular formula is C22H29NO4. The summed E-state index contributed by atoms with van der Waals surface area (Å²) in [4.78, 5) is 12.0. The van der Waals surface area contributed by atoms with Crippen LogP contribution in [0.4, 0.5) is 0 Å². The Balaban J connectivity index is 1.77. The van der Waals surface area contributed by atoms with E-state index in [9.17, 15) is 4.79 Å². The van der Waals surface area contributed by atoms with Crippen molar-refractivity contribution in [1.29, 1.82) is 0 Å². The highest BCUT2D eigenvalue weighted by Gasteiger charge is 2.07. The minimum absolute atomic E-state index is 0.0128. The van der Waals surface area contributed by atoms with E-state index in [1.165, 1.54) is 5.56 Å². The average molecular weight is 371 g/mol. The summed E-state index contributed by atoms with van der Waals surface area (Å²) < 4.78 is 16.7. The number of carbonyl (C=O) groups is 1. The molecule has 2 rings (SSSR count). The fraction of sp³-hybridized carbons (Fsp3) is 0.409. The van der Waals surface area contributed by atoms with Gasteiger partial charge < -0.3 is 19.5 Å². The number of ether oxygens (including phenoxy) is 3. The molecule has 2 aromatic rings. The lowest BCUT2D eigenvalue weighted by molar-refractivity contribution is -0.123. The summed E-state index contributed by atoms with van der Waals surface area (Å²) in [5, 5.41) is 2.88. The lowest BCUT2D eigenvalue weighted by Crippen LogP contribution is -2.30. The summed E-state index contributed by atoms with van der Waals surface area (Å²) in [6.45, 7) is 7.71. The Kier molecular flexibility index (Phi) is 8.49. The summed E-state index contributed by atoms with van der Waals surface area (Å²) in [7, 11) is 0. The van der Waals surface area contributed by atoms with E-state index >= 15 is 0 Å². The Hall–Kier alpha value is -2.69. The van der Waals surface area contributed by atoms with Crippen molar-refractivity contribution >= 4 is 5.91 Å². The molecular weight excluding hydrogens is 342 g/mol. The zero-order chi connectivity index (χ0) is 19.5. The summed E-state index contributed by atoms with van der Waals surface area (Å²) in [5.41, 5.74) is 2.33. The van der Waals surface area contributed by atoms with E-state index in [1.54, 1.807) is 0 Å². The molecule has 0 aliphatic heterocycles. The summed E-state index contributed by atoms with van der Waals surface area (Å²) in [6.07, 6.45) is 1.70. The highest BCUT2D eigenvalue weighted by Crippen LogP contribution is 2.28. The minimum Gasteiger partial charge on any atom is -0.490 e. The van der Waals surface area contributed by atoms with Crippen molar-refractivity contribution in [3.05, 3.63) is 53.6 Å². The topological polar surface area (TPSA) is 56.8 Å². The fourth-order valence-corrected chi connectivity index (χ4v) is 2.62. The largest absolute Gasteiger partial charge is 0.490 e. The van der Waals surface area contributed by atoms with E-state index in [0.29, 0.717) is 31.9 Å². The van der Waals surface area contributed by atoms with Gasteiger partial charge in [-0.2, -0.15) is 0 Å². The first-order valence-corrected chi connectivity index (χ1v) is 9.53. The van der Waals surface area contributed by atoms with Crippen molar-refractivity contribution in [3.8, 4) is 17.2 Å². The molecule has 146 valence electrons. The molecule has 1 amide bonds. The highest BCUT2D eigenvalue weighted by atomic mass is 16.5. The molecule has 0 saturated heterocycles. The molecule has 5 heteroatoms. The molecule has 0 radical (unpaired) electrons. The van der Waals surface area contributed by atoms with Crippen molar-refractivity contribution in [2.24, 2.45) is 0 Å². The lowest BCUT2D eigenvalue weighted by Gasteiger charge is -2.13. The SMILES string of the molecule is CCOc1ccc(CCNC(=O)COc2ccc(CC)cc2)cc1OCC. The third-order valence-corrected chi connectivity index (χ3v) is 4.05. The Morgan fingerprint density at radius 2 is 1.52 bits per heavy atom. The van der Waals surface area contributed by atoms with Gasteiger partial charge in [0.05, 0.1) is 13.2 Å². The van der Waals surface area contributed by atoms with E-state index in [0.717, 1.165) is 23.5 Å². The number of carbonyl (C=O) groups excluding carboxylic acids is 1. The zero-order valence-corrected chi connectivity index (χ0v) is 16.4. The predicted molar refractivity (Wildman–Crippen MR) is 107 cm³/mol. The molecule has 0 spiro atoms. The monoisotopic (exact) mass is 371 g/mol. The maximum atomic E-state index is 12.0. The molecule has 5 nitrogen and oxygen atoms in total. The maximum absolute atomic E-state index is 12.0. The standard InChI is InChI=1S/C22H29NO4/c1-4-17-7-10-19(11-8-17)27-16-22(24)23-14-13-18-9-12-20(25-5-2)21(15-18)26-6-3/h7-12,15H,4-6,13-14,16H2,1-3H3,(H,23,24). The van der Waals surface area contributed by atoms with Crippen molar-refractivity contribution < 1.29 is 19.0 Å². The number of amides is 1. The molecule has 0 saturated carbocycles. The van der Waals surface area contributed by atoms with E-state index in [4.69, 9.17) is 14.2 Å². The van der Waals surface area contributed by atoms with Crippen LogP contribution in [0.2, 0.25) is 0 Å². The molecule has 0 unspecified atom stereocenters. The molecule has 0 aliphatic rings. The van der Waals surface area contributed by atoms with Gasteiger partial charge in [0, 0.05) is 6.54 Å². The van der Waals surface area contributed by atoms with Crippen LogP contribution < -0.4 is 19.5 Å². The summed E-state index contributed by atoms with van der Waals surface area (Å²) >= 11 is 0. The number of hydrogen-bond donors (Lipinski definition) is 1. The van der Waals surface area contributed by atoms with E-state index < -0.39 is 0 Å². The molecule has 0 heterocycles. The van der Waals surface area contributed by atoms with Gasteiger partial charge >= 0.3 is 0 Å². The Morgan fingerprint density at radius 3 is 2.19 bits per heavy atom. The lowest BCUT2D eigenvalue weighted by atomic mass is 10.1. The first-order valence-electron chi connectivity index (χ1n) is 9.53. The zero-order valence-electron chi connectivity index (χ0n) is 16.4. The van der Waals surface area contributed by atoms with E-state index in [1.807, 2.05) is 56.3 Å². The Bertz CT molecular complexity index is 713. The molecule has 0 aromatic heterocycles. The van der Waals surface area contributed by atoms with Crippen LogP contribution in [0.3, 0.4) is 0 Å². The number of rotatable bonds is 11. The van der Waals surface area contributed by atoms with Gasteiger partial charge in [0.2, 0.25) is 0 Å². The fourth-order valence-electron chi connectivity index (χ4n) is 2.62. The molecule has 1 N–H and O–H groups in total. The van der Waals surface area contributed by atoms with E-state index in [-0.39, 0.29) is 12.5 Å². The third-order valence-electron chi connectivity index (χ3n) is 4.05. The smallest absolute Gasteiger partial charge is 0.257 e.